The molecule has 2 nitrogen and oxygen atoms in total. The Morgan fingerprint density at radius 1 is 1.45 bits per heavy atom. The van der Waals surface area contributed by atoms with Gasteiger partial charge in [-0.3, -0.25) is 4.90 Å². The van der Waals surface area contributed by atoms with Crippen LogP contribution >= 0.6 is 0 Å². The minimum Gasteiger partial charge on any atom is -0.361 e. The minimum atomic E-state index is 0.537. The van der Waals surface area contributed by atoms with Gasteiger partial charge in [0.2, 0.25) is 0 Å². The van der Waals surface area contributed by atoms with Crippen LogP contribution in [-0.4, -0.2) is 30.3 Å². The highest BCUT2D eigenvalue weighted by atomic mass is 16.5. The number of hydrogen-bond acceptors (Lipinski definition) is 2. The maximum atomic E-state index is 5.68. The number of ether oxygens (including phenoxy) is 1. The number of fused-ring (bicyclic) bond motifs is 1. The fourth-order valence-corrected chi connectivity index (χ4v) is 2.29. The van der Waals surface area contributed by atoms with Crippen LogP contribution in [0.1, 0.15) is 32.6 Å². The van der Waals surface area contributed by atoms with Crippen molar-refractivity contribution in [3.63, 3.8) is 0 Å². The lowest BCUT2D eigenvalue weighted by atomic mass is 9.98. The third-order valence-corrected chi connectivity index (χ3v) is 2.95. The summed E-state index contributed by atoms with van der Waals surface area (Å²) in [6, 6.07) is 0.758. The van der Waals surface area contributed by atoms with E-state index in [2.05, 4.69) is 11.8 Å². The van der Waals surface area contributed by atoms with E-state index >= 15 is 0 Å². The molecule has 2 heterocycles. The molecule has 2 aliphatic rings. The molecule has 11 heavy (non-hydrogen) atoms. The Hall–Kier alpha value is -0.0800. The van der Waals surface area contributed by atoms with E-state index in [1.165, 1.54) is 32.2 Å². The van der Waals surface area contributed by atoms with Crippen LogP contribution in [0.4, 0.5) is 0 Å². The fourth-order valence-electron chi connectivity index (χ4n) is 2.29. The van der Waals surface area contributed by atoms with Crippen molar-refractivity contribution >= 4 is 0 Å². The Morgan fingerprint density at radius 3 is 3.18 bits per heavy atom. The van der Waals surface area contributed by atoms with Gasteiger partial charge < -0.3 is 4.74 Å². The van der Waals surface area contributed by atoms with E-state index in [-0.39, 0.29) is 0 Å². The second-order valence-electron chi connectivity index (χ2n) is 3.62. The van der Waals surface area contributed by atoms with Crippen molar-refractivity contribution in [3.8, 4) is 0 Å². The van der Waals surface area contributed by atoms with Gasteiger partial charge in [-0.05, 0) is 19.3 Å². The van der Waals surface area contributed by atoms with E-state index < -0.39 is 0 Å². The molecule has 0 saturated carbocycles. The molecule has 0 aromatic heterocycles. The van der Waals surface area contributed by atoms with E-state index in [1.54, 1.807) is 0 Å². The Morgan fingerprint density at radius 2 is 2.36 bits per heavy atom. The molecule has 2 heteroatoms. The number of nitrogens with zero attached hydrogens (tertiary/aromatic N) is 1. The van der Waals surface area contributed by atoms with Gasteiger partial charge in [0.15, 0.2) is 0 Å². The molecule has 64 valence electrons. The average molecular weight is 155 g/mol. The van der Waals surface area contributed by atoms with Crippen molar-refractivity contribution in [2.24, 2.45) is 0 Å². The molecule has 0 amide bonds. The van der Waals surface area contributed by atoms with Gasteiger partial charge in [-0.25, -0.2) is 0 Å². The molecular weight excluding hydrogens is 138 g/mol. The first-order chi connectivity index (χ1) is 5.42. The summed E-state index contributed by atoms with van der Waals surface area (Å²) in [4.78, 5) is 2.50. The van der Waals surface area contributed by atoms with Gasteiger partial charge in [-0.15, -0.1) is 0 Å². The Labute approximate surface area is 68.5 Å². The molecule has 0 N–H and O–H groups in total. The van der Waals surface area contributed by atoms with Crippen molar-refractivity contribution < 1.29 is 4.74 Å². The van der Waals surface area contributed by atoms with Crippen LogP contribution in [0.25, 0.3) is 0 Å². The lowest BCUT2D eigenvalue weighted by molar-refractivity contribution is 0.0874. The second kappa shape index (κ2) is 3.11. The lowest BCUT2D eigenvalue weighted by Crippen LogP contribution is -2.38. The highest BCUT2D eigenvalue weighted by molar-refractivity contribution is 4.86. The highest BCUT2D eigenvalue weighted by Crippen LogP contribution is 2.27. The van der Waals surface area contributed by atoms with Crippen molar-refractivity contribution in [1.29, 1.82) is 0 Å². The van der Waals surface area contributed by atoms with E-state index in [0.717, 1.165) is 12.8 Å². The van der Waals surface area contributed by atoms with Gasteiger partial charge in [0, 0.05) is 12.6 Å². The van der Waals surface area contributed by atoms with Crippen molar-refractivity contribution in [2.75, 3.05) is 13.3 Å². The maximum absolute atomic E-state index is 5.68. The largest absolute Gasteiger partial charge is 0.361 e. The van der Waals surface area contributed by atoms with Gasteiger partial charge in [-0.1, -0.05) is 13.3 Å². The van der Waals surface area contributed by atoms with Gasteiger partial charge in [0.25, 0.3) is 0 Å². The molecule has 0 aromatic rings. The van der Waals surface area contributed by atoms with E-state index in [4.69, 9.17) is 4.74 Å². The summed E-state index contributed by atoms with van der Waals surface area (Å²) in [6.45, 7) is 4.38. The summed E-state index contributed by atoms with van der Waals surface area (Å²) in [5, 5.41) is 0. The van der Waals surface area contributed by atoms with Gasteiger partial charge >= 0.3 is 0 Å². The van der Waals surface area contributed by atoms with Gasteiger partial charge in [0.1, 0.15) is 0 Å². The first-order valence-electron chi connectivity index (χ1n) is 4.77. The molecule has 2 aliphatic heterocycles. The van der Waals surface area contributed by atoms with Crippen LogP contribution in [0.5, 0.6) is 0 Å². The lowest BCUT2D eigenvalue weighted by Gasteiger charge is -2.29. The quantitative estimate of drug-likeness (QED) is 0.570. The van der Waals surface area contributed by atoms with Crippen LogP contribution in [0.2, 0.25) is 0 Å². The molecule has 2 unspecified atom stereocenters. The summed E-state index contributed by atoms with van der Waals surface area (Å²) in [6.07, 6.45) is 5.85. The molecule has 0 aliphatic carbocycles. The summed E-state index contributed by atoms with van der Waals surface area (Å²) in [5.74, 6) is 0. The monoisotopic (exact) mass is 155 g/mol. The summed E-state index contributed by atoms with van der Waals surface area (Å²) in [7, 11) is 0. The molecule has 0 bridgehead atoms. The maximum Gasteiger partial charge on any atom is 0.0998 e. The van der Waals surface area contributed by atoms with Crippen LogP contribution in [0.3, 0.4) is 0 Å². The van der Waals surface area contributed by atoms with E-state index in [0.29, 0.717) is 6.10 Å². The van der Waals surface area contributed by atoms with Crippen LogP contribution in [0, 0.1) is 0 Å². The average Bonchev–Trinajstić information content (AvgIpc) is 2.47. The van der Waals surface area contributed by atoms with E-state index in [9.17, 15) is 0 Å². The Kier molecular flexibility index (Phi) is 2.14. The number of piperidine rings is 1. The summed E-state index contributed by atoms with van der Waals surface area (Å²) >= 11 is 0. The molecular formula is C9H17NO. The first kappa shape index (κ1) is 7.56. The SMILES string of the molecule is CCC1OCN2CCCCC12. The Balaban J connectivity index is 1.98. The molecule has 2 fully saturated rings. The molecule has 0 radical (unpaired) electrons. The van der Waals surface area contributed by atoms with Gasteiger partial charge in [-0.2, -0.15) is 0 Å². The topological polar surface area (TPSA) is 12.5 Å². The predicted octanol–water partition coefficient (Wildman–Crippen LogP) is 1.61. The Bertz CT molecular complexity index is 132. The third-order valence-electron chi connectivity index (χ3n) is 2.95. The number of rotatable bonds is 1. The minimum absolute atomic E-state index is 0.537. The molecule has 0 aromatic carbocycles. The van der Waals surface area contributed by atoms with Crippen LogP contribution in [-0.2, 0) is 4.74 Å². The van der Waals surface area contributed by atoms with E-state index in [1.807, 2.05) is 0 Å². The normalized spacial score (nSPS) is 39.0. The van der Waals surface area contributed by atoms with Crippen LogP contribution in [0.15, 0.2) is 0 Å². The van der Waals surface area contributed by atoms with Crippen molar-refractivity contribution in [2.45, 2.75) is 44.8 Å². The highest BCUT2D eigenvalue weighted by Gasteiger charge is 2.34. The summed E-state index contributed by atoms with van der Waals surface area (Å²) in [5.41, 5.74) is 0. The smallest absolute Gasteiger partial charge is 0.0998 e. The predicted molar refractivity (Wildman–Crippen MR) is 44.4 cm³/mol. The molecule has 2 rings (SSSR count). The van der Waals surface area contributed by atoms with Gasteiger partial charge in [0.05, 0.1) is 12.8 Å². The van der Waals surface area contributed by atoms with Crippen LogP contribution < -0.4 is 0 Å². The molecule has 0 spiro atoms. The van der Waals surface area contributed by atoms with Crippen molar-refractivity contribution in [1.82, 2.24) is 4.90 Å². The molecule has 2 atom stereocenters. The zero-order chi connectivity index (χ0) is 7.68. The first-order valence-corrected chi connectivity index (χ1v) is 4.77. The molecule has 2 saturated heterocycles. The summed E-state index contributed by atoms with van der Waals surface area (Å²) < 4.78 is 5.68. The second-order valence-corrected chi connectivity index (χ2v) is 3.62. The number of hydrogen-bond donors (Lipinski definition) is 0. The third kappa shape index (κ3) is 1.30. The fraction of sp³-hybridized carbons (Fsp3) is 1.00. The zero-order valence-corrected chi connectivity index (χ0v) is 7.25. The zero-order valence-electron chi connectivity index (χ0n) is 7.25. The van der Waals surface area contributed by atoms with Crippen molar-refractivity contribution in [3.05, 3.63) is 0 Å². The standard InChI is InChI=1S/C9H17NO/c1-2-9-8-5-3-4-6-10(8)7-11-9/h8-9H,2-7H2,1H3.